The molecule has 0 radical (unpaired) electrons. The number of aromatic nitrogens is 3. The Morgan fingerprint density at radius 3 is 2.77 bits per heavy atom. The number of hydrogen-bond donors (Lipinski definition) is 0. The summed E-state index contributed by atoms with van der Waals surface area (Å²) in [5.41, 5.74) is 1.93. The Balaban J connectivity index is 1.56. The molecular formula is C22H22N4O4. The molecule has 0 fully saturated rings. The second kappa shape index (κ2) is 7.79. The highest BCUT2D eigenvalue weighted by Gasteiger charge is 2.36. The monoisotopic (exact) mass is 406 g/mol. The number of hydrogen-bond acceptors (Lipinski definition) is 6. The Bertz CT molecular complexity index is 1070. The fourth-order valence-corrected chi connectivity index (χ4v) is 3.97. The van der Waals surface area contributed by atoms with E-state index < -0.39 is 6.04 Å². The van der Waals surface area contributed by atoms with Crippen molar-refractivity contribution in [3.05, 3.63) is 59.9 Å². The Hall–Kier alpha value is -3.39. The van der Waals surface area contributed by atoms with Crippen LogP contribution in [0.4, 0.5) is 0 Å². The first kappa shape index (κ1) is 18.6. The van der Waals surface area contributed by atoms with Gasteiger partial charge in [-0.1, -0.05) is 30.3 Å². The van der Waals surface area contributed by atoms with Gasteiger partial charge >= 0.3 is 0 Å². The van der Waals surface area contributed by atoms with Crippen LogP contribution in [0.2, 0.25) is 0 Å². The zero-order chi connectivity index (χ0) is 20.5. The highest BCUT2D eigenvalue weighted by molar-refractivity contribution is 5.83. The second-order valence-corrected chi connectivity index (χ2v) is 7.34. The summed E-state index contributed by atoms with van der Waals surface area (Å²) in [6.45, 7) is 1.62. The Morgan fingerprint density at radius 1 is 1.10 bits per heavy atom. The fraction of sp³-hybridized carbons (Fsp3) is 0.318. The lowest BCUT2D eigenvalue weighted by molar-refractivity contribution is -0.138. The minimum absolute atomic E-state index is 0.0465. The zero-order valence-corrected chi connectivity index (χ0v) is 16.7. The molecule has 0 saturated heterocycles. The highest BCUT2D eigenvalue weighted by Crippen LogP contribution is 2.37. The van der Waals surface area contributed by atoms with Crippen molar-refractivity contribution in [1.29, 1.82) is 0 Å². The van der Waals surface area contributed by atoms with Crippen molar-refractivity contribution in [2.45, 2.75) is 19.0 Å². The van der Waals surface area contributed by atoms with E-state index in [-0.39, 0.29) is 12.7 Å². The van der Waals surface area contributed by atoms with E-state index >= 15 is 0 Å². The fourth-order valence-electron chi connectivity index (χ4n) is 3.97. The largest absolute Gasteiger partial charge is 0.454 e. The summed E-state index contributed by atoms with van der Waals surface area (Å²) in [5.74, 6) is 2.85. The van der Waals surface area contributed by atoms with Crippen LogP contribution in [0.3, 0.4) is 0 Å². The summed E-state index contributed by atoms with van der Waals surface area (Å²) in [6.07, 6.45) is 0.561. The van der Waals surface area contributed by atoms with Gasteiger partial charge in [-0.05, 0) is 23.8 Å². The number of ether oxygens (including phenoxy) is 3. The van der Waals surface area contributed by atoms with Crippen LogP contribution in [0.15, 0.2) is 48.5 Å². The zero-order valence-electron chi connectivity index (χ0n) is 16.7. The molecule has 2 aliphatic heterocycles. The molecule has 8 nitrogen and oxygen atoms in total. The Kier molecular flexibility index (Phi) is 4.84. The molecule has 1 atom stereocenters. The third-order valence-electron chi connectivity index (χ3n) is 5.48. The Labute approximate surface area is 174 Å². The van der Waals surface area contributed by atoms with Crippen molar-refractivity contribution in [2.75, 3.05) is 27.1 Å². The lowest BCUT2D eigenvalue weighted by Gasteiger charge is -2.34. The van der Waals surface area contributed by atoms with Crippen LogP contribution in [0.25, 0.3) is 11.4 Å². The second-order valence-electron chi connectivity index (χ2n) is 7.34. The number of amides is 1. The van der Waals surface area contributed by atoms with Crippen LogP contribution in [0.1, 0.15) is 17.4 Å². The molecule has 0 N–H and O–H groups in total. The first-order valence-corrected chi connectivity index (χ1v) is 9.90. The molecule has 3 aromatic rings. The van der Waals surface area contributed by atoms with Gasteiger partial charge in [-0.3, -0.25) is 9.36 Å². The molecule has 0 bridgehead atoms. The predicted molar refractivity (Wildman–Crippen MR) is 108 cm³/mol. The molecule has 2 aromatic carbocycles. The average Bonchev–Trinajstić information content (AvgIpc) is 3.41. The molecule has 1 amide bonds. The van der Waals surface area contributed by atoms with E-state index in [1.165, 1.54) is 0 Å². The van der Waals surface area contributed by atoms with E-state index in [9.17, 15) is 4.79 Å². The smallest absolute Gasteiger partial charge is 0.246 e. The minimum atomic E-state index is -0.427. The number of fused-ring (bicyclic) bond motifs is 2. The normalized spacial score (nSPS) is 17.3. The number of nitrogens with zero attached hydrogens (tertiary/aromatic N) is 4. The third kappa shape index (κ3) is 3.29. The number of benzene rings is 2. The van der Waals surface area contributed by atoms with Gasteiger partial charge in [0.1, 0.15) is 6.04 Å². The van der Waals surface area contributed by atoms with Gasteiger partial charge in [0.2, 0.25) is 12.7 Å². The van der Waals surface area contributed by atoms with Gasteiger partial charge in [-0.15, -0.1) is 10.2 Å². The SMILES string of the molecule is COCCN1Cc2nnc(-c3ccc4c(c3)OCO4)n2[C@H](Cc2ccccc2)C1=O. The number of carbonyl (C=O) groups excluding carboxylic acids is 1. The maximum atomic E-state index is 13.4. The van der Waals surface area contributed by atoms with Crippen LogP contribution in [0, 0.1) is 0 Å². The van der Waals surface area contributed by atoms with Crippen LogP contribution < -0.4 is 9.47 Å². The maximum Gasteiger partial charge on any atom is 0.246 e. The van der Waals surface area contributed by atoms with E-state index in [0.717, 1.165) is 17.0 Å². The van der Waals surface area contributed by atoms with Crippen molar-refractivity contribution >= 4 is 5.91 Å². The molecule has 2 aliphatic rings. The number of carbonyl (C=O) groups is 1. The van der Waals surface area contributed by atoms with Gasteiger partial charge in [-0.25, -0.2) is 0 Å². The summed E-state index contributed by atoms with van der Waals surface area (Å²) >= 11 is 0. The van der Waals surface area contributed by atoms with Gasteiger partial charge in [0.25, 0.3) is 0 Å². The minimum Gasteiger partial charge on any atom is -0.454 e. The summed E-state index contributed by atoms with van der Waals surface area (Å²) < 4.78 is 18.1. The molecular weight excluding hydrogens is 384 g/mol. The number of methoxy groups -OCH3 is 1. The molecule has 8 heteroatoms. The van der Waals surface area contributed by atoms with Crippen LogP contribution >= 0.6 is 0 Å². The van der Waals surface area contributed by atoms with Crippen molar-refractivity contribution < 1.29 is 19.0 Å². The Morgan fingerprint density at radius 2 is 1.93 bits per heavy atom. The lowest BCUT2D eigenvalue weighted by Crippen LogP contribution is -2.45. The third-order valence-corrected chi connectivity index (χ3v) is 5.48. The predicted octanol–water partition coefficient (Wildman–Crippen LogP) is 2.45. The molecule has 0 unspecified atom stereocenters. The first-order chi connectivity index (χ1) is 14.7. The van der Waals surface area contributed by atoms with Crippen molar-refractivity contribution in [2.24, 2.45) is 0 Å². The summed E-state index contributed by atoms with van der Waals surface area (Å²) in [4.78, 5) is 15.2. The molecule has 0 aliphatic carbocycles. The molecule has 154 valence electrons. The quantitative estimate of drug-likeness (QED) is 0.626. The van der Waals surface area contributed by atoms with Crippen LogP contribution in [-0.2, 0) is 22.5 Å². The van der Waals surface area contributed by atoms with Gasteiger partial charge < -0.3 is 19.1 Å². The molecule has 0 spiro atoms. The molecule has 1 aromatic heterocycles. The van der Waals surface area contributed by atoms with Crippen LogP contribution in [-0.4, -0.2) is 52.6 Å². The standard InChI is InChI=1S/C22H22N4O4/c1-28-10-9-25-13-20-23-24-21(16-7-8-18-19(12-16)30-14-29-18)26(20)17(22(25)27)11-15-5-3-2-4-6-15/h2-8,12,17H,9-11,13-14H2,1H3/t17-/m1/s1. The topological polar surface area (TPSA) is 78.7 Å². The maximum absolute atomic E-state index is 13.4. The molecule has 30 heavy (non-hydrogen) atoms. The van der Waals surface area contributed by atoms with E-state index in [0.29, 0.717) is 43.4 Å². The van der Waals surface area contributed by atoms with Crippen molar-refractivity contribution in [3.8, 4) is 22.9 Å². The van der Waals surface area contributed by atoms with E-state index in [1.807, 2.05) is 53.1 Å². The molecule has 3 heterocycles. The molecule has 0 saturated carbocycles. The molecule has 5 rings (SSSR count). The van der Waals surface area contributed by atoms with Gasteiger partial charge in [0.05, 0.1) is 13.2 Å². The summed E-state index contributed by atoms with van der Waals surface area (Å²) in [6, 6.07) is 15.3. The summed E-state index contributed by atoms with van der Waals surface area (Å²) in [5, 5.41) is 8.86. The average molecular weight is 406 g/mol. The van der Waals surface area contributed by atoms with Gasteiger partial charge in [0.15, 0.2) is 23.1 Å². The van der Waals surface area contributed by atoms with E-state index in [1.54, 1.807) is 12.0 Å². The highest BCUT2D eigenvalue weighted by atomic mass is 16.7. The van der Waals surface area contributed by atoms with Gasteiger partial charge in [0, 0.05) is 25.6 Å². The van der Waals surface area contributed by atoms with E-state index in [2.05, 4.69) is 10.2 Å². The lowest BCUT2D eigenvalue weighted by atomic mass is 10.0. The van der Waals surface area contributed by atoms with Crippen molar-refractivity contribution in [3.63, 3.8) is 0 Å². The van der Waals surface area contributed by atoms with Crippen LogP contribution in [0.5, 0.6) is 11.5 Å². The summed E-state index contributed by atoms with van der Waals surface area (Å²) in [7, 11) is 1.64. The van der Waals surface area contributed by atoms with Gasteiger partial charge in [-0.2, -0.15) is 0 Å². The van der Waals surface area contributed by atoms with Crippen molar-refractivity contribution in [1.82, 2.24) is 19.7 Å². The first-order valence-electron chi connectivity index (χ1n) is 9.90. The number of rotatable bonds is 6. The van der Waals surface area contributed by atoms with E-state index in [4.69, 9.17) is 14.2 Å².